The minimum absolute atomic E-state index is 0.0546. The Morgan fingerprint density at radius 3 is 2.72 bits per heavy atom. The lowest BCUT2D eigenvalue weighted by molar-refractivity contribution is 0.0170. The third-order valence-electron chi connectivity index (χ3n) is 5.70. The summed E-state index contributed by atoms with van der Waals surface area (Å²) in [5, 5.41) is 11.7. The van der Waals surface area contributed by atoms with Crippen molar-refractivity contribution >= 4 is 11.0 Å². The summed E-state index contributed by atoms with van der Waals surface area (Å²) >= 11 is 0. The van der Waals surface area contributed by atoms with Crippen molar-refractivity contribution in [3.05, 3.63) is 42.0 Å². The predicted octanol–water partition coefficient (Wildman–Crippen LogP) is 3.08. The molecule has 0 atom stereocenters. The molecule has 0 radical (unpaired) electrons. The van der Waals surface area contributed by atoms with E-state index in [1.165, 1.54) is 16.7 Å². The first kappa shape index (κ1) is 14.9. The Morgan fingerprint density at radius 2 is 1.84 bits per heavy atom. The molecule has 5 rings (SSSR count). The van der Waals surface area contributed by atoms with Crippen LogP contribution in [0.15, 0.2) is 36.4 Å². The maximum atomic E-state index is 6.46. The average Bonchev–Trinajstić information content (AvgIpc) is 3.02. The number of rotatable bonds is 1. The lowest BCUT2D eigenvalue weighted by Gasteiger charge is -2.41. The van der Waals surface area contributed by atoms with E-state index in [2.05, 4.69) is 46.0 Å². The van der Waals surface area contributed by atoms with E-state index in [1.54, 1.807) is 0 Å². The van der Waals surface area contributed by atoms with Crippen molar-refractivity contribution < 1.29 is 4.74 Å². The molecule has 3 aromatic rings. The van der Waals surface area contributed by atoms with E-state index in [-0.39, 0.29) is 5.60 Å². The van der Waals surface area contributed by atoms with Crippen LogP contribution in [0.25, 0.3) is 22.2 Å². The molecule has 0 unspecified atom stereocenters. The first-order valence-corrected chi connectivity index (χ1v) is 9.05. The van der Waals surface area contributed by atoms with Crippen LogP contribution in [0.2, 0.25) is 0 Å². The van der Waals surface area contributed by atoms with E-state index in [4.69, 9.17) is 4.74 Å². The van der Waals surface area contributed by atoms with E-state index in [1.807, 2.05) is 17.8 Å². The molecule has 2 aliphatic rings. The van der Waals surface area contributed by atoms with Crippen LogP contribution >= 0.6 is 0 Å². The van der Waals surface area contributed by atoms with Crippen LogP contribution in [0.1, 0.15) is 24.8 Å². The summed E-state index contributed by atoms with van der Waals surface area (Å²) in [6.07, 6.45) is 4.44. The molecule has 1 fully saturated rings. The van der Waals surface area contributed by atoms with Gasteiger partial charge in [0.2, 0.25) is 0 Å². The Labute approximate surface area is 147 Å². The molecule has 2 aliphatic heterocycles. The first-order valence-electron chi connectivity index (χ1n) is 9.05. The number of aryl methyl sites for hydroxylation is 2. The highest BCUT2D eigenvalue weighted by atomic mass is 16.5. The van der Waals surface area contributed by atoms with Gasteiger partial charge in [0.25, 0.3) is 0 Å². The number of nitrogens with one attached hydrogen (secondary N) is 1. The maximum absolute atomic E-state index is 6.46. The van der Waals surface area contributed by atoms with Crippen LogP contribution in [-0.4, -0.2) is 33.7 Å². The van der Waals surface area contributed by atoms with Gasteiger partial charge in [0, 0.05) is 7.05 Å². The zero-order valence-corrected chi connectivity index (χ0v) is 14.5. The van der Waals surface area contributed by atoms with Crippen molar-refractivity contribution in [2.24, 2.45) is 7.05 Å². The smallest absolute Gasteiger partial charge is 0.123 e. The quantitative estimate of drug-likeness (QED) is 0.743. The largest absolute Gasteiger partial charge is 0.487 e. The summed E-state index contributed by atoms with van der Waals surface area (Å²) in [6, 6.07) is 12.9. The second-order valence-corrected chi connectivity index (χ2v) is 7.27. The highest BCUT2D eigenvalue weighted by Gasteiger charge is 2.37. The molecule has 5 nitrogen and oxygen atoms in total. The van der Waals surface area contributed by atoms with Crippen molar-refractivity contribution in [2.75, 3.05) is 13.1 Å². The SMILES string of the molecule is Cn1nnc2ccc(-c3ccc4c(c3)CCC3(CCNCC3)O4)cc21. The van der Waals surface area contributed by atoms with Gasteiger partial charge in [0.1, 0.15) is 16.9 Å². The molecule has 5 heteroatoms. The number of piperidine rings is 1. The fourth-order valence-corrected chi connectivity index (χ4v) is 4.15. The Morgan fingerprint density at radius 1 is 1.04 bits per heavy atom. The van der Waals surface area contributed by atoms with Gasteiger partial charge in [-0.15, -0.1) is 5.10 Å². The normalized spacial score (nSPS) is 18.9. The van der Waals surface area contributed by atoms with Crippen molar-refractivity contribution in [1.29, 1.82) is 0 Å². The molecule has 1 N–H and O–H groups in total. The summed E-state index contributed by atoms with van der Waals surface area (Å²) in [5.41, 5.74) is 5.79. The molecule has 2 aromatic carbocycles. The third-order valence-corrected chi connectivity index (χ3v) is 5.70. The molecule has 1 spiro atoms. The second kappa shape index (κ2) is 5.56. The number of hydrogen-bond donors (Lipinski definition) is 1. The van der Waals surface area contributed by atoms with Gasteiger partial charge in [-0.2, -0.15) is 0 Å². The van der Waals surface area contributed by atoms with Gasteiger partial charge in [0.15, 0.2) is 0 Å². The summed E-state index contributed by atoms with van der Waals surface area (Å²) in [6.45, 7) is 2.12. The highest BCUT2D eigenvalue weighted by Crippen LogP contribution is 2.39. The van der Waals surface area contributed by atoms with Gasteiger partial charge in [0.05, 0.1) is 5.52 Å². The van der Waals surface area contributed by atoms with Gasteiger partial charge < -0.3 is 10.1 Å². The lowest BCUT2D eigenvalue weighted by atomic mass is 9.83. The molecular formula is C20H22N4O. The predicted molar refractivity (Wildman–Crippen MR) is 97.7 cm³/mol. The Balaban J connectivity index is 1.49. The molecular weight excluding hydrogens is 312 g/mol. The topological polar surface area (TPSA) is 52.0 Å². The molecule has 0 amide bonds. The van der Waals surface area contributed by atoms with Crippen LogP contribution in [0.3, 0.4) is 0 Å². The number of fused-ring (bicyclic) bond motifs is 2. The van der Waals surface area contributed by atoms with Gasteiger partial charge in [-0.1, -0.05) is 17.3 Å². The molecule has 128 valence electrons. The molecule has 0 saturated carbocycles. The number of aromatic nitrogens is 3. The minimum Gasteiger partial charge on any atom is -0.487 e. The van der Waals surface area contributed by atoms with Crippen LogP contribution in [-0.2, 0) is 13.5 Å². The number of ether oxygens (including phenoxy) is 1. The Kier molecular flexibility index (Phi) is 3.31. The third kappa shape index (κ3) is 2.50. The molecule has 0 aliphatic carbocycles. The van der Waals surface area contributed by atoms with Crippen molar-refractivity contribution in [3.63, 3.8) is 0 Å². The van der Waals surface area contributed by atoms with E-state index in [0.29, 0.717) is 0 Å². The Hall–Kier alpha value is -2.40. The van der Waals surface area contributed by atoms with Crippen molar-refractivity contribution in [1.82, 2.24) is 20.3 Å². The van der Waals surface area contributed by atoms with Gasteiger partial charge in [-0.25, -0.2) is 4.68 Å². The monoisotopic (exact) mass is 334 g/mol. The highest BCUT2D eigenvalue weighted by molar-refractivity contribution is 5.81. The van der Waals surface area contributed by atoms with Gasteiger partial charge >= 0.3 is 0 Å². The number of benzene rings is 2. The summed E-state index contributed by atoms with van der Waals surface area (Å²) in [7, 11) is 1.93. The van der Waals surface area contributed by atoms with E-state index in [0.717, 1.165) is 55.6 Å². The number of nitrogens with zero attached hydrogens (tertiary/aromatic N) is 3. The fourth-order valence-electron chi connectivity index (χ4n) is 4.15. The van der Waals surface area contributed by atoms with Crippen molar-refractivity contribution in [3.8, 4) is 16.9 Å². The van der Waals surface area contributed by atoms with Gasteiger partial charge in [-0.3, -0.25) is 0 Å². The minimum atomic E-state index is 0.0546. The molecule has 3 heterocycles. The summed E-state index contributed by atoms with van der Waals surface area (Å²) in [4.78, 5) is 0. The van der Waals surface area contributed by atoms with E-state index in [9.17, 15) is 0 Å². The standard InChI is InChI=1S/C20H22N4O/c1-24-18-13-15(2-4-17(18)22-23-24)14-3-5-19-16(12-14)6-7-20(25-19)8-10-21-11-9-20/h2-5,12-13,21H,6-11H2,1H3. The number of hydrogen-bond acceptors (Lipinski definition) is 4. The van der Waals surface area contributed by atoms with Crippen LogP contribution in [0.5, 0.6) is 5.75 Å². The summed E-state index contributed by atoms with van der Waals surface area (Å²) < 4.78 is 8.28. The maximum Gasteiger partial charge on any atom is 0.123 e. The van der Waals surface area contributed by atoms with E-state index < -0.39 is 0 Å². The van der Waals surface area contributed by atoms with Crippen LogP contribution in [0, 0.1) is 0 Å². The van der Waals surface area contributed by atoms with Crippen molar-refractivity contribution in [2.45, 2.75) is 31.3 Å². The molecule has 0 bridgehead atoms. The van der Waals surface area contributed by atoms with Crippen LogP contribution < -0.4 is 10.1 Å². The zero-order chi connectivity index (χ0) is 16.9. The molecule has 1 aromatic heterocycles. The lowest BCUT2D eigenvalue weighted by Crippen LogP contribution is -2.48. The second-order valence-electron chi connectivity index (χ2n) is 7.27. The zero-order valence-electron chi connectivity index (χ0n) is 14.5. The summed E-state index contributed by atoms with van der Waals surface area (Å²) in [5.74, 6) is 1.07. The van der Waals surface area contributed by atoms with Crippen LogP contribution in [0.4, 0.5) is 0 Å². The molecule has 1 saturated heterocycles. The van der Waals surface area contributed by atoms with Gasteiger partial charge in [-0.05, 0) is 79.7 Å². The fraction of sp³-hybridized carbons (Fsp3) is 0.400. The Bertz CT molecular complexity index is 940. The average molecular weight is 334 g/mol. The molecule has 25 heavy (non-hydrogen) atoms. The van der Waals surface area contributed by atoms with E-state index >= 15 is 0 Å². The first-order chi connectivity index (χ1) is 12.2.